The fraction of sp³-hybridized carbons (Fsp3) is 0.909. The van der Waals surface area contributed by atoms with Crippen LogP contribution in [-0.2, 0) is 0 Å². The lowest BCUT2D eigenvalue weighted by molar-refractivity contribution is 0.215. The molecule has 1 unspecified atom stereocenters. The van der Waals surface area contributed by atoms with E-state index in [9.17, 15) is 14.4 Å². The topological polar surface area (TPSA) is 72.8 Å². The molecule has 1 saturated heterocycles. The average Bonchev–Trinajstić information content (AvgIpc) is 2.67. The summed E-state index contributed by atoms with van der Waals surface area (Å²) in [5.74, 6) is 0. The number of rotatable bonds is 8. The summed E-state index contributed by atoms with van der Waals surface area (Å²) >= 11 is 5.73. The molecular weight excluding hydrogens is 272 g/mol. The van der Waals surface area contributed by atoms with Crippen molar-refractivity contribution >= 4 is 25.0 Å². The van der Waals surface area contributed by atoms with Gasteiger partial charge in [-0.2, -0.15) is 0 Å². The molecule has 1 aliphatic rings. The molecule has 0 aromatic heterocycles. The fourth-order valence-corrected chi connectivity index (χ4v) is 3.91. The highest BCUT2D eigenvalue weighted by Crippen LogP contribution is 2.30. The number of nitrogens with one attached hydrogen (secondary N) is 1. The lowest BCUT2D eigenvalue weighted by Crippen LogP contribution is -2.37. The number of carbonyl (C=O) groups excluding carboxylic acids is 1. The maximum atomic E-state index is 11.4. The number of hydrogen-bond acceptors (Lipinski definition) is 3. The van der Waals surface area contributed by atoms with Crippen LogP contribution in [0.5, 0.6) is 0 Å². The number of urea groups is 1. The van der Waals surface area contributed by atoms with Crippen LogP contribution >= 0.6 is 11.1 Å². The highest BCUT2D eigenvalue weighted by atomic mass is 35.6. The number of hydrogen-bond donors (Lipinski definition) is 3. The first-order chi connectivity index (χ1) is 8.45. The van der Waals surface area contributed by atoms with E-state index in [1.165, 1.54) is 0 Å². The Kier molecular flexibility index (Phi) is 6.41. The quantitative estimate of drug-likeness (QED) is 0.361. The van der Waals surface area contributed by atoms with Gasteiger partial charge in [0.05, 0.1) is 0 Å². The molecule has 0 aliphatic carbocycles. The van der Waals surface area contributed by atoms with Gasteiger partial charge < -0.3 is 19.8 Å². The first kappa shape index (κ1) is 15.8. The number of carbonyl (C=O) groups is 1. The number of amides is 2. The Morgan fingerprint density at radius 2 is 2.17 bits per heavy atom. The van der Waals surface area contributed by atoms with E-state index in [2.05, 4.69) is 12.2 Å². The fourth-order valence-electron chi connectivity index (χ4n) is 2.19. The molecule has 1 heterocycles. The molecule has 0 aromatic carbocycles. The van der Waals surface area contributed by atoms with Crippen molar-refractivity contribution in [1.29, 1.82) is 0 Å². The largest absolute Gasteiger partial charge is 0.441 e. The SMILES string of the molecule is CCCCCC(CCN1CCNC1=O)[Si](O)(O)Cl. The van der Waals surface area contributed by atoms with E-state index in [1.807, 2.05) is 0 Å². The Bertz CT molecular complexity index is 274. The summed E-state index contributed by atoms with van der Waals surface area (Å²) in [4.78, 5) is 32.4. The second-order valence-electron chi connectivity index (χ2n) is 4.84. The van der Waals surface area contributed by atoms with Gasteiger partial charge in [-0.3, -0.25) is 0 Å². The predicted molar refractivity (Wildman–Crippen MR) is 73.5 cm³/mol. The van der Waals surface area contributed by atoms with Gasteiger partial charge in [-0.25, -0.2) is 4.79 Å². The third-order valence-corrected chi connectivity index (χ3v) is 5.91. The summed E-state index contributed by atoms with van der Waals surface area (Å²) in [6, 6.07) is -0.0694. The van der Waals surface area contributed by atoms with Crippen LogP contribution in [0.2, 0.25) is 5.54 Å². The van der Waals surface area contributed by atoms with Gasteiger partial charge in [-0.05, 0) is 12.8 Å². The molecule has 106 valence electrons. The molecule has 0 aromatic rings. The van der Waals surface area contributed by atoms with E-state index in [1.54, 1.807) is 4.90 Å². The monoisotopic (exact) mass is 294 g/mol. The van der Waals surface area contributed by atoms with Gasteiger partial charge >= 0.3 is 13.9 Å². The molecule has 1 fully saturated rings. The highest BCUT2D eigenvalue weighted by Gasteiger charge is 2.38. The molecule has 2 amide bonds. The van der Waals surface area contributed by atoms with Gasteiger partial charge in [0, 0.05) is 25.2 Å². The van der Waals surface area contributed by atoms with Crippen LogP contribution < -0.4 is 5.32 Å². The number of unbranched alkanes of at least 4 members (excludes halogenated alkanes) is 2. The van der Waals surface area contributed by atoms with Gasteiger partial charge in [-0.1, -0.05) is 37.3 Å². The number of halogens is 1. The van der Waals surface area contributed by atoms with Crippen molar-refractivity contribution in [3.05, 3.63) is 0 Å². The van der Waals surface area contributed by atoms with Crippen molar-refractivity contribution in [3.63, 3.8) is 0 Å². The molecule has 1 rings (SSSR count). The first-order valence-electron chi connectivity index (χ1n) is 6.61. The minimum absolute atomic E-state index is 0.0694. The minimum atomic E-state index is -3.62. The zero-order valence-corrected chi connectivity index (χ0v) is 12.6. The van der Waals surface area contributed by atoms with Gasteiger partial charge in [0.1, 0.15) is 0 Å². The van der Waals surface area contributed by atoms with Crippen molar-refractivity contribution in [1.82, 2.24) is 10.2 Å². The second kappa shape index (κ2) is 7.33. The van der Waals surface area contributed by atoms with Gasteiger partial charge in [0.2, 0.25) is 0 Å². The molecular formula is C11H23ClN2O3Si. The summed E-state index contributed by atoms with van der Waals surface area (Å²) in [6.07, 6.45) is 4.42. The molecule has 0 radical (unpaired) electrons. The summed E-state index contributed by atoms with van der Waals surface area (Å²) < 4.78 is 0. The summed E-state index contributed by atoms with van der Waals surface area (Å²) in [5.41, 5.74) is -0.265. The van der Waals surface area contributed by atoms with E-state index in [0.717, 1.165) is 25.7 Å². The molecule has 18 heavy (non-hydrogen) atoms. The molecule has 0 bridgehead atoms. The van der Waals surface area contributed by atoms with Gasteiger partial charge in [0.25, 0.3) is 0 Å². The van der Waals surface area contributed by atoms with E-state index in [-0.39, 0.29) is 11.6 Å². The van der Waals surface area contributed by atoms with Crippen LogP contribution in [0.1, 0.15) is 39.0 Å². The maximum absolute atomic E-state index is 11.4. The molecule has 7 heteroatoms. The van der Waals surface area contributed by atoms with E-state index >= 15 is 0 Å². The predicted octanol–water partition coefficient (Wildman–Crippen LogP) is 1.51. The van der Waals surface area contributed by atoms with Crippen LogP contribution in [0.3, 0.4) is 0 Å². The standard InChI is InChI=1S/C11H23ClN2O3Si/c1-2-3-4-5-10(18(12,16)17)6-8-14-9-7-13-11(14)15/h10,16-17H,2-9H2,1H3,(H,13,15). The van der Waals surface area contributed by atoms with Crippen LogP contribution in [0.4, 0.5) is 4.79 Å². The zero-order valence-electron chi connectivity index (χ0n) is 10.9. The molecule has 0 saturated carbocycles. The lowest BCUT2D eigenvalue weighted by atomic mass is 10.1. The van der Waals surface area contributed by atoms with Gasteiger partial charge in [-0.15, -0.1) is 0 Å². The van der Waals surface area contributed by atoms with E-state index < -0.39 is 7.87 Å². The second-order valence-corrected chi connectivity index (χ2v) is 8.59. The summed E-state index contributed by atoms with van der Waals surface area (Å²) in [6.45, 7) is 4.01. The maximum Gasteiger partial charge on any atom is 0.441 e. The van der Waals surface area contributed by atoms with Crippen LogP contribution in [0.25, 0.3) is 0 Å². The van der Waals surface area contributed by atoms with E-state index in [0.29, 0.717) is 26.1 Å². The Labute approximate surface area is 114 Å². The Hall–Kier alpha value is -0.303. The molecule has 1 atom stereocenters. The van der Waals surface area contributed by atoms with Crippen LogP contribution in [0.15, 0.2) is 0 Å². The third-order valence-electron chi connectivity index (χ3n) is 3.37. The summed E-state index contributed by atoms with van der Waals surface area (Å²) in [5, 5.41) is 2.72. The average molecular weight is 295 g/mol. The first-order valence-corrected chi connectivity index (χ1v) is 9.60. The van der Waals surface area contributed by atoms with Crippen molar-refractivity contribution in [2.75, 3.05) is 19.6 Å². The Balaban J connectivity index is 2.38. The van der Waals surface area contributed by atoms with Crippen molar-refractivity contribution in [2.45, 2.75) is 44.6 Å². The highest BCUT2D eigenvalue weighted by molar-refractivity contribution is 7.12. The van der Waals surface area contributed by atoms with E-state index in [4.69, 9.17) is 11.1 Å². The molecule has 3 N–H and O–H groups in total. The zero-order chi connectivity index (χ0) is 13.6. The van der Waals surface area contributed by atoms with Crippen LogP contribution in [-0.4, -0.2) is 48.0 Å². The van der Waals surface area contributed by atoms with Crippen LogP contribution in [0, 0.1) is 0 Å². The normalized spacial score (nSPS) is 18.0. The molecule has 5 nitrogen and oxygen atoms in total. The lowest BCUT2D eigenvalue weighted by Gasteiger charge is -2.24. The van der Waals surface area contributed by atoms with Crippen molar-refractivity contribution in [3.8, 4) is 0 Å². The Morgan fingerprint density at radius 3 is 2.67 bits per heavy atom. The van der Waals surface area contributed by atoms with Crippen molar-refractivity contribution < 1.29 is 14.4 Å². The van der Waals surface area contributed by atoms with Gasteiger partial charge in [0.15, 0.2) is 0 Å². The van der Waals surface area contributed by atoms with Crippen molar-refractivity contribution in [2.24, 2.45) is 0 Å². The number of nitrogens with zero attached hydrogens (tertiary/aromatic N) is 1. The molecule has 1 aliphatic heterocycles. The smallest absolute Gasteiger partial charge is 0.399 e. The Morgan fingerprint density at radius 1 is 1.44 bits per heavy atom. The third kappa shape index (κ3) is 5.13. The summed E-state index contributed by atoms with van der Waals surface area (Å²) in [7, 11) is -3.62. The molecule has 0 spiro atoms. The minimum Gasteiger partial charge on any atom is -0.399 e.